The Morgan fingerprint density at radius 2 is 1.50 bits per heavy atom. The Bertz CT molecular complexity index is 1110. The molecule has 168 valence electrons. The first-order chi connectivity index (χ1) is 15.4. The third kappa shape index (κ3) is 4.57. The monoisotopic (exact) mass is 444 g/mol. The van der Waals surface area contributed by atoms with Crippen LogP contribution in [0.15, 0.2) is 42.5 Å². The normalized spacial score (nSPS) is 15.6. The van der Waals surface area contributed by atoms with E-state index in [9.17, 15) is 22.0 Å². The maximum atomic E-state index is 14.8. The minimum atomic E-state index is -1.04. The van der Waals surface area contributed by atoms with Gasteiger partial charge in [0.1, 0.15) is 17.5 Å². The van der Waals surface area contributed by atoms with Crippen molar-refractivity contribution in [1.82, 2.24) is 0 Å². The van der Waals surface area contributed by atoms with E-state index in [1.165, 1.54) is 24.3 Å². The Balaban J connectivity index is 1.59. The average molecular weight is 444 g/mol. The second-order valence-corrected chi connectivity index (χ2v) is 8.60. The minimum absolute atomic E-state index is 0.0694. The number of hydrogen-bond donors (Lipinski definition) is 0. The zero-order chi connectivity index (χ0) is 22.8. The predicted octanol–water partition coefficient (Wildman–Crippen LogP) is 8.05. The van der Waals surface area contributed by atoms with Gasteiger partial charge in [0.15, 0.2) is 11.6 Å². The molecule has 4 rings (SSSR count). The third-order valence-corrected chi connectivity index (χ3v) is 6.36. The molecule has 0 heterocycles. The van der Waals surface area contributed by atoms with Crippen LogP contribution in [-0.4, -0.2) is 0 Å². The second-order valence-electron chi connectivity index (χ2n) is 8.60. The summed E-state index contributed by atoms with van der Waals surface area (Å²) in [7, 11) is 0. The number of unbranched alkanes of at least 4 members (excludes halogenated alkanes) is 2. The first-order valence-corrected chi connectivity index (χ1v) is 11.1. The zero-order valence-electron chi connectivity index (χ0n) is 18.0. The molecule has 0 aliphatic heterocycles. The van der Waals surface area contributed by atoms with Crippen LogP contribution in [-0.2, 0) is 19.3 Å². The molecule has 3 aromatic rings. The van der Waals surface area contributed by atoms with Gasteiger partial charge in [-0.05, 0) is 96.7 Å². The van der Waals surface area contributed by atoms with Gasteiger partial charge >= 0.3 is 0 Å². The number of halogens is 5. The molecule has 0 amide bonds. The molecule has 0 nitrogen and oxygen atoms in total. The van der Waals surface area contributed by atoms with E-state index in [2.05, 4.69) is 6.92 Å². The van der Waals surface area contributed by atoms with E-state index in [0.29, 0.717) is 36.8 Å². The van der Waals surface area contributed by atoms with Crippen molar-refractivity contribution in [2.45, 2.75) is 57.8 Å². The van der Waals surface area contributed by atoms with Crippen molar-refractivity contribution in [3.63, 3.8) is 0 Å². The number of benzene rings is 3. The van der Waals surface area contributed by atoms with Gasteiger partial charge in [0, 0.05) is 11.1 Å². The highest BCUT2D eigenvalue weighted by Gasteiger charge is 2.27. The van der Waals surface area contributed by atoms with Gasteiger partial charge in [-0.3, -0.25) is 0 Å². The van der Waals surface area contributed by atoms with Crippen LogP contribution in [0.2, 0.25) is 0 Å². The van der Waals surface area contributed by atoms with Gasteiger partial charge in [-0.25, -0.2) is 22.0 Å². The first-order valence-electron chi connectivity index (χ1n) is 11.1. The summed E-state index contributed by atoms with van der Waals surface area (Å²) in [6, 6.07) is 9.12. The van der Waals surface area contributed by atoms with Gasteiger partial charge in [-0.2, -0.15) is 0 Å². The van der Waals surface area contributed by atoms with Crippen LogP contribution in [0.4, 0.5) is 22.0 Å². The van der Waals surface area contributed by atoms with Gasteiger partial charge in [0.25, 0.3) is 0 Å². The summed E-state index contributed by atoms with van der Waals surface area (Å²) in [5.41, 5.74) is 2.72. The van der Waals surface area contributed by atoms with Crippen LogP contribution in [0, 0.1) is 29.1 Å². The zero-order valence-corrected chi connectivity index (χ0v) is 18.0. The van der Waals surface area contributed by atoms with Crippen LogP contribution >= 0.6 is 0 Å². The third-order valence-electron chi connectivity index (χ3n) is 6.36. The van der Waals surface area contributed by atoms with Gasteiger partial charge in [-0.1, -0.05) is 25.8 Å². The Kier molecular flexibility index (Phi) is 6.63. The molecule has 32 heavy (non-hydrogen) atoms. The van der Waals surface area contributed by atoms with Crippen molar-refractivity contribution in [2.75, 3.05) is 0 Å². The lowest BCUT2D eigenvalue weighted by atomic mass is 9.78. The lowest BCUT2D eigenvalue weighted by molar-refractivity contribution is 0.488. The molecular weight excluding hydrogens is 419 g/mol. The van der Waals surface area contributed by atoms with E-state index in [4.69, 9.17) is 0 Å². The minimum Gasteiger partial charge on any atom is -0.207 e. The summed E-state index contributed by atoms with van der Waals surface area (Å²) in [5, 5.41) is 0. The standard InChI is InChI=1S/C27H25F5/c1-2-3-4-5-16-10-25(31)27(26(32)11-16)19-7-6-17-13-21(23(29)15-20(17)12-19)18-8-9-22(28)24(30)14-18/h8-11,13-15,19H,2-7,12H2,1H3. The van der Waals surface area contributed by atoms with Crippen molar-refractivity contribution in [2.24, 2.45) is 0 Å². The van der Waals surface area contributed by atoms with Crippen LogP contribution in [0.3, 0.4) is 0 Å². The molecule has 5 heteroatoms. The van der Waals surface area contributed by atoms with E-state index >= 15 is 0 Å². The maximum absolute atomic E-state index is 14.8. The van der Waals surface area contributed by atoms with E-state index in [1.807, 2.05) is 0 Å². The molecule has 1 aliphatic carbocycles. The molecule has 0 N–H and O–H groups in total. The molecular formula is C27H25F5. The molecule has 0 radical (unpaired) electrons. The van der Waals surface area contributed by atoms with Gasteiger partial charge in [0.2, 0.25) is 0 Å². The fourth-order valence-electron chi connectivity index (χ4n) is 4.66. The van der Waals surface area contributed by atoms with E-state index in [1.54, 1.807) is 6.07 Å². The Morgan fingerprint density at radius 3 is 2.19 bits per heavy atom. The van der Waals surface area contributed by atoms with E-state index < -0.39 is 29.1 Å². The largest absolute Gasteiger partial charge is 0.207 e. The molecule has 1 aliphatic rings. The van der Waals surface area contributed by atoms with Gasteiger partial charge < -0.3 is 0 Å². The topological polar surface area (TPSA) is 0 Å². The van der Waals surface area contributed by atoms with Crippen molar-refractivity contribution >= 4 is 0 Å². The first kappa shape index (κ1) is 22.5. The number of fused-ring (bicyclic) bond motifs is 1. The fourth-order valence-corrected chi connectivity index (χ4v) is 4.66. The Morgan fingerprint density at radius 1 is 0.750 bits per heavy atom. The lowest BCUT2D eigenvalue weighted by Gasteiger charge is -2.27. The van der Waals surface area contributed by atoms with Crippen LogP contribution in [0.25, 0.3) is 11.1 Å². The average Bonchev–Trinajstić information content (AvgIpc) is 2.75. The summed E-state index contributed by atoms with van der Waals surface area (Å²) >= 11 is 0. The van der Waals surface area contributed by atoms with Gasteiger partial charge in [0.05, 0.1) is 0 Å². The highest BCUT2D eigenvalue weighted by Crippen LogP contribution is 2.38. The smallest absolute Gasteiger partial charge is 0.159 e. The Labute approximate surface area is 185 Å². The summed E-state index contributed by atoms with van der Waals surface area (Å²) in [5.74, 6) is -4.05. The lowest BCUT2D eigenvalue weighted by Crippen LogP contribution is -2.16. The number of hydrogen-bond acceptors (Lipinski definition) is 0. The summed E-state index contributed by atoms with van der Waals surface area (Å²) in [4.78, 5) is 0. The molecule has 0 bridgehead atoms. The van der Waals surface area contributed by atoms with Crippen molar-refractivity contribution in [3.05, 3.63) is 93.8 Å². The number of aryl methyl sites for hydroxylation is 2. The fraction of sp³-hybridized carbons (Fsp3) is 0.333. The van der Waals surface area contributed by atoms with Crippen molar-refractivity contribution in [1.29, 1.82) is 0 Å². The van der Waals surface area contributed by atoms with Crippen molar-refractivity contribution in [3.8, 4) is 11.1 Å². The highest BCUT2D eigenvalue weighted by molar-refractivity contribution is 5.66. The summed E-state index contributed by atoms with van der Waals surface area (Å²) < 4.78 is 71.3. The second kappa shape index (κ2) is 9.43. The molecule has 1 unspecified atom stereocenters. The van der Waals surface area contributed by atoms with Gasteiger partial charge in [-0.15, -0.1) is 0 Å². The molecule has 0 fully saturated rings. The number of rotatable bonds is 6. The maximum Gasteiger partial charge on any atom is 0.159 e. The summed E-state index contributed by atoms with van der Waals surface area (Å²) in [6.45, 7) is 2.08. The van der Waals surface area contributed by atoms with E-state index in [0.717, 1.165) is 37.0 Å². The highest BCUT2D eigenvalue weighted by atomic mass is 19.2. The van der Waals surface area contributed by atoms with E-state index in [-0.39, 0.29) is 22.6 Å². The molecule has 1 atom stereocenters. The van der Waals surface area contributed by atoms with Crippen molar-refractivity contribution < 1.29 is 22.0 Å². The molecule has 0 saturated heterocycles. The van der Waals surface area contributed by atoms with Crippen LogP contribution in [0.1, 0.15) is 60.8 Å². The molecule has 0 saturated carbocycles. The quantitative estimate of drug-likeness (QED) is 0.266. The molecule has 3 aromatic carbocycles. The van der Waals surface area contributed by atoms with Crippen LogP contribution < -0.4 is 0 Å². The predicted molar refractivity (Wildman–Crippen MR) is 116 cm³/mol. The Hall–Kier alpha value is -2.69. The molecule has 0 spiro atoms. The summed E-state index contributed by atoms with van der Waals surface area (Å²) in [6.07, 6.45) is 4.97. The SMILES string of the molecule is CCCCCc1cc(F)c(C2CCc3cc(-c4ccc(F)c(F)c4)c(F)cc3C2)c(F)c1. The molecule has 0 aromatic heterocycles. The van der Waals surface area contributed by atoms with Crippen LogP contribution in [0.5, 0.6) is 0 Å².